The molecule has 0 unspecified atom stereocenters. The zero-order valence-electron chi connectivity index (χ0n) is 65.1. The van der Waals surface area contributed by atoms with Crippen LogP contribution in [-0.4, -0.2) is 110 Å². The lowest BCUT2D eigenvalue weighted by Crippen LogP contribution is -2.12. The molecule has 0 saturated heterocycles. The van der Waals surface area contributed by atoms with Crippen molar-refractivity contribution in [2.75, 3.05) is 59.5 Å². The van der Waals surface area contributed by atoms with Gasteiger partial charge < -0.3 is 52.2 Å². The third kappa shape index (κ3) is 43.5. The van der Waals surface area contributed by atoms with Crippen LogP contribution in [0.2, 0.25) is 0 Å². The number of para-hydroxylation sites is 4. The highest BCUT2D eigenvalue weighted by molar-refractivity contribution is 7.99. The second-order valence-corrected chi connectivity index (χ2v) is 25.6. The molecule has 1 saturated carbocycles. The Morgan fingerprint density at radius 1 is 0.422 bits per heavy atom. The van der Waals surface area contributed by atoms with E-state index in [4.69, 9.17) is 42.6 Å². The van der Waals surface area contributed by atoms with Crippen LogP contribution in [0.4, 0.5) is 4.39 Å². The maximum absolute atomic E-state index is 12.9. The molecule has 2 aliphatic rings. The van der Waals surface area contributed by atoms with Crippen LogP contribution in [0.15, 0.2) is 197 Å². The largest absolute Gasteiger partial charge is 0.494 e. The number of ether oxygens (including phenoxy) is 9. The average Bonchev–Trinajstić information content (AvgIpc) is 0.855. The van der Waals surface area contributed by atoms with Gasteiger partial charge in [0.25, 0.3) is 0 Å². The highest BCUT2D eigenvalue weighted by Crippen LogP contribution is 2.33. The number of carbonyl (C=O) groups excluding carboxylic acids is 8. The standard InChI is InChI=1S/C15H14OS.C12H16O2.C11H13FO3.C11H16O3.C11H14O3.2C11H14O2.C8H14O/c1-2-12-7-3-5-9-14(12)17-15-10-6-4-8-13(15)11-16;1-2-3-6-11-7-4-5-8-12(11)14-10-9-13;1-2-6-14-11-8-9(12)3-4-10(11)15-7-5-13;1-2-7-13-10-4-3-5-11(9-10)14-8-6-12;1-2-8-13-10-5-3-4-6-11(10)14-9-7-12;1-2-9-13-11-6-4-3-5-10(11)7-8-12;1-2-3-7-13-11-6-4-5-10(8-11)9-12;1-7-2-4-8(6-9)5-3-7/h3-11H,2H2,1H3;4-5,7-9H,2-3,6,10H2,1H3;3-5,8H,2,6-7H2,1H3;4,6,9H,2-3,5,7-8H2,1H3;3-7H,2,8-9H2,1H3;3-6,8H,2,7,9H2,1H3;4-6,8-9H,2-3,7H2,1H3;6-8H,2-5H2,1H3. The number of allylic oxidation sites excluding steroid dienone is 3. The fraction of sp³-hybridized carbons (Fsp3) is 0.400. The molecule has 0 aromatic heterocycles. The number of aldehydes is 8. The van der Waals surface area contributed by atoms with Gasteiger partial charge in [-0.3, -0.25) is 28.8 Å². The van der Waals surface area contributed by atoms with Crippen LogP contribution >= 0.6 is 11.8 Å². The van der Waals surface area contributed by atoms with Crippen molar-refractivity contribution in [3.05, 3.63) is 221 Å². The Balaban J connectivity index is 0.000000425. The van der Waals surface area contributed by atoms with Gasteiger partial charge in [-0.15, -0.1) is 0 Å². The molecular formula is C90H115FO17S. The van der Waals surface area contributed by atoms with Gasteiger partial charge in [0.15, 0.2) is 54.4 Å². The van der Waals surface area contributed by atoms with E-state index in [0.717, 1.165) is 191 Å². The molecule has 1 fully saturated rings. The van der Waals surface area contributed by atoms with Crippen LogP contribution in [0.3, 0.4) is 0 Å². The zero-order valence-corrected chi connectivity index (χ0v) is 65.9. The molecule has 109 heavy (non-hydrogen) atoms. The molecule has 0 N–H and O–H groups in total. The Morgan fingerprint density at radius 2 is 0.927 bits per heavy atom. The van der Waals surface area contributed by atoms with Crippen LogP contribution in [0.5, 0.6) is 40.2 Å². The van der Waals surface area contributed by atoms with Crippen LogP contribution in [-0.2, 0) is 57.5 Å². The number of aryl methyl sites for hydroxylation is 2. The first-order valence-corrected chi connectivity index (χ1v) is 38.7. The molecule has 0 spiro atoms. The SMILES string of the molecule is CC1CCC(C=O)CC1.CCCCOc1cccc(C=O)c1.CCCCc1ccccc1OCC=O.CCCOC1=CCCC(OCC=O)=C1.CCCOc1cc(F)ccc1OCC=O.CCCOc1ccccc1CC=O.CCCOc1ccccc1OCC=O.CCc1ccccc1Sc1ccccc1C=O. The molecule has 0 amide bonds. The average molecular weight is 1520 g/mol. The van der Waals surface area contributed by atoms with Gasteiger partial charge >= 0.3 is 0 Å². The molecule has 9 rings (SSSR count). The summed E-state index contributed by atoms with van der Waals surface area (Å²) >= 11 is 1.66. The second kappa shape index (κ2) is 63.9. The summed E-state index contributed by atoms with van der Waals surface area (Å²) < 4.78 is 60.8. The third-order valence-electron chi connectivity index (χ3n) is 15.6. The Labute approximate surface area is 651 Å². The molecule has 0 bridgehead atoms. The summed E-state index contributed by atoms with van der Waals surface area (Å²) in [6.45, 7) is 20.4. The maximum atomic E-state index is 12.9. The smallest absolute Gasteiger partial charge is 0.164 e. The van der Waals surface area contributed by atoms with Crippen LogP contribution in [0.25, 0.3) is 0 Å². The quantitative estimate of drug-likeness (QED) is 0.0258. The number of carbonyl (C=O) groups is 8. The number of hydrogen-bond acceptors (Lipinski definition) is 18. The topological polar surface area (TPSA) is 220 Å². The summed E-state index contributed by atoms with van der Waals surface area (Å²) in [5.74, 6) is 7.04. The summed E-state index contributed by atoms with van der Waals surface area (Å²) in [7, 11) is 0. The minimum Gasteiger partial charge on any atom is -0.494 e. The molecule has 590 valence electrons. The number of unbranched alkanes of at least 4 members (excludes halogenated alkanes) is 2. The van der Waals surface area contributed by atoms with Gasteiger partial charge in [-0.25, -0.2) is 4.39 Å². The van der Waals surface area contributed by atoms with Crippen molar-refractivity contribution >= 4 is 62.1 Å². The van der Waals surface area contributed by atoms with Crippen molar-refractivity contribution < 1.29 is 85.4 Å². The van der Waals surface area contributed by atoms with Crippen molar-refractivity contribution in [1.29, 1.82) is 0 Å². The highest BCUT2D eigenvalue weighted by Gasteiger charge is 2.17. The van der Waals surface area contributed by atoms with Crippen LogP contribution < -0.4 is 33.2 Å². The Kier molecular flexibility index (Phi) is 55.7. The minimum absolute atomic E-state index is 0.0614. The maximum Gasteiger partial charge on any atom is 0.164 e. The molecule has 0 heterocycles. The van der Waals surface area contributed by atoms with Gasteiger partial charge in [0.05, 0.1) is 33.0 Å². The molecule has 7 aromatic rings. The van der Waals surface area contributed by atoms with E-state index in [1.165, 1.54) is 53.5 Å². The van der Waals surface area contributed by atoms with Gasteiger partial charge in [0, 0.05) is 57.4 Å². The van der Waals surface area contributed by atoms with Gasteiger partial charge in [0.2, 0.25) is 0 Å². The van der Waals surface area contributed by atoms with Gasteiger partial charge in [-0.2, -0.15) is 0 Å². The summed E-state index contributed by atoms with van der Waals surface area (Å²) in [5, 5.41) is 0. The van der Waals surface area contributed by atoms with E-state index in [1.54, 1.807) is 30.0 Å². The molecule has 0 aliphatic heterocycles. The normalized spacial score (nSPS) is 12.7. The van der Waals surface area contributed by atoms with E-state index in [-0.39, 0.29) is 32.2 Å². The monoisotopic (exact) mass is 1520 g/mol. The lowest BCUT2D eigenvalue weighted by atomic mass is 9.84. The fourth-order valence-electron chi connectivity index (χ4n) is 9.87. The van der Waals surface area contributed by atoms with Crippen molar-refractivity contribution in [2.45, 2.75) is 174 Å². The predicted octanol–water partition coefficient (Wildman–Crippen LogP) is 20.2. The third-order valence-corrected chi connectivity index (χ3v) is 16.8. The zero-order chi connectivity index (χ0) is 79.6. The molecule has 2 aliphatic carbocycles. The summed E-state index contributed by atoms with van der Waals surface area (Å²) in [5.41, 5.74) is 4.89. The Bertz CT molecular complexity index is 3620. The fourth-order valence-corrected chi connectivity index (χ4v) is 11.0. The molecule has 0 atom stereocenters. The van der Waals surface area contributed by atoms with E-state index in [1.807, 2.05) is 129 Å². The summed E-state index contributed by atoms with van der Waals surface area (Å²) in [6.07, 6.45) is 27.8. The number of hydrogen-bond donors (Lipinski definition) is 0. The first kappa shape index (κ1) is 94.9. The predicted molar refractivity (Wildman–Crippen MR) is 431 cm³/mol. The van der Waals surface area contributed by atoms with Crippen molar-refractivity contribution in [3.8, 4) is 40.2 Å². The van der Waals surface area contributed by atoms with E-state index in [9.17, 15) is 42.7 Å². The number of rotatable bonds is 39. The summed E-state index contributed by atoms with van der Waals surface area (Å²) in [4.78, 5) is 84.8. The second-order valence-electron chi connectivity index (χ2n) is 24.6. The van der Waals surface area contributed by atoms with Crippen molar-refractivity contribution in [1.82, 2.24) is 0 Å². The Morgan fingerprint density at radius 3 is 1.50 bits per heavy atom. The molecule has 7 aromatic carbocycles. The van der Waals surface area contributed by atoms with Crippen LogP contribution in [0.1, 0.15) is 183 Å². The van der Waals surface area contributed by atoms with E-state index < -0.39 is 0 Å². The molecule has 17 nitrogen and oxygen atoms in total. The first-order chi connectivity index (χ1) is 53.3. The van der Waals surface area contributed by atoms with Crippen molar-refractivity contribution in [3.63, 3.8) is 0 Å². The highest BCUT2D eigenvalue weighted by atomic mass is 32.2. The molecule has 0 radical (unpaired) electrons. The minimum atomic E-state index is -0.389. The number of halogens is 1. The molecular weight excluding hydrogens is 1400 g/mol. The van der Waals surface area contributed by atoms with E-state index in [0.29, 0.717) is 67.0 Å². The van der Waals surface area contributed by atoms with E-state index >= 15 is 0 Å². The Hall–Kier alpha value is -10.1. The molecule has 19 heteroatoms. The van der Waals surface area contributed by atoms with Gasteiger partial charge in [0.1, 0.15) is 79.9 Å². The first-order valence-electron chi connectivity index (χ1n) is 37.9. The number of benzene rings is 7. The van der Waals surface area contributed by atoms with Crippen molar-refractivity contribution in [2.24, 2.45) is 11.8 Å². The van der Waals surface area contributed by atoms with Gasteiger partial charge in [-0.1, -0.05) is 190 Å². The van der Waals surface area contributed by atoms with Crippen LogP contribution in [0, 0.1) is 17.7 Å². The lowest BCUT2D eigenvalue weighted by Gasteiger charge is -2.21. The summed E-state index contributed by atoms with van der Waals surface area (Å²) in [6, 6.07) is 50.0. The van der Waals surface area contributed by atoms with E-state index in [2.05, 4.69) is 65.8 Å². The lowest BCUT2D eigenvalue weighted by molar-refractivity contribution is -0.112. The van der Waals surface area contributed by atoms with Gasteiger partial charge in [-0.05, 0) is 154 Å².